The molecule has 2 heterocycles. The Hall–Kier alpha value is -3.80. The molecule has 0 saturated heterocycles. The zero-order valence-corrected chi connectivity index (χ0v) is 22.4. The molecule has 1 aromatic heterocycles. The molecule has 12 heteroatoms. The average molecular weight is 580 g/mol. The number of ether oxygens (including phenoxy) is 1. The van der Waals surface area contributed by atoms with Crippen LogP contribution in [-0.4, -0.2) is 41.2 Å². The second-order valence-electron chi connectivity index (χ2n) is 9.17. The Morgan fingerprint density at radius 2 is 1.85 bits per heavy atom. The molecule has 1 aliphatic heterocycles. The number of anilines is 1. The predicted octanol–water partition coefficient (Wildman–Crippen LogP) is 5.15. The lowest BCUT2D eigenvalue weighted by Gasteiger charge is -2.18. The highest BCUT2D eigenvalue weighted by Crippen LogP contribution is 2.33. The zero-order chi connectivity index (χ0) is 28.0. The number of nitrogens with zero attached hydrogens (tertiary/aromatic N) is 1. The number of nitrogens with one attached hydrogen (secondary N) is 2. The van der Waals surface area contributed by atoms with Crippen LogP contribution < -0.4 is 15.4 Å². The number of carboxylic acids is 1. The summed E-state index contributed by atoms with van der Waals surface area (Å²) in [4.78, 5) is 28.8. The molecule has 0 saturated carbocycles. The number of halogens is 4. The second-order valence-corrected chi connectivity index (χ2v) is 9.17. The summed E-state index contributed by atoms with van der Waals surface area (Å²) in [6.45, 7) is 1.36. The van der Waals surface area contributed by atoms with Gasteiger partial charge in [-0.05, 0) is 67.1 Å². The molecule has 7 nitrogen and oxygen atoms in total. The maximum atomic E-state index is 14.1. The van der Waals surface area contributed by atoms with Crippen LogP contribution in [0.4, 0.5) is 23.4 Å². The fourth-order valence-electron chi connectivity index (χ4n) is 4.33. The van der Waals surface area contributed by atoms with Crippen molar-refractivity contribution < 1.29 is 37.0 Å². The van der Waals surface area contributed by atoms with Gasteiger partial charge in [0.15, 0.2) is 0 Å². The SMILES string of the molecule is O=C(N[C@@H](Cc1ccc(OCCCc2ccc3c(n2)NCCC3)cc1)C(=O)O)c1c(F)cccc1C(F)(F)F.S. The van der Waals surface area contributed by atoms with Crippen molar-refractivity contribution in [2.24, 2.45) is 0 Å². The molecule has 0 spiro atoms. The molecule has 0 unspecified atom stereocenters. The number of alkyl halides is 3. The van der Waals surface area contributed by atoms with Crippen LogP contribution in [0, 0.1) is 5.82 Å². The summed E-state index contributed by atoms with van der Waals surface area (Å²) in [5.74, 6) is -2.83. The molecule has 40 heavy (non-hydrogen) atoms. The number of amides is 1. The number of carbonyl (C=O) groups is 2. The Labute approximate surface area is 235 Å². The van der Waals surface area contributed by atoms with Gasteiger partial charge < -0.3 is 20.5 Å². The number of fused-ring (bicyclic) bond motifs is 1. The van der Waals surface area contributed by atoms with Gasteiger partial charge in [0, 0.05) is 18.7 Å². The number of benzene rings is 2. The van der Waals surface area contributed by atoms with Gasteiger partial charge in [-0.2, -0.15) is 26.7 Å². The Morgan fingerprint density at radius 1 is 1.10 bits per heavy atom. The van der Waals surface area contributed by atoms with Crippen molar-refractivity contribution in [3.8, 4) is 5.75 Å². The molecule has 2 aromatic carbocycles. The topological polar surface area (TPSA) is 101 Å². The Balaban J connectivity index is 0.00000441. The van der Waals surface area contributed by atoms with Crippen LogP contribution in [0.25, 0.3) is 0 Å². The van der Waals surface area contributed by atoms with Crippen molar-refractivity contribution in [3.05, 3.63) is 88.4 Å². The van der Waals surface area contributed by atoms with Crippen LogP contribution in [0.5, 0.6) is 5.75 Å². The van der Waals surface area contributed by atoms with Gasteiger partial charge in [0.2, 0.25) is 0 Å². The molecule has 214 valence electrons. The third kappa shape index (κ3) is 7.87. The molecular formula is C28H29F4N3O4S. The summed E-state index contributed by atoms with van der Waals surface area (Å²) in [5, 5.41) is 14.8. The molecule has 3 N–H and O–H groups in total. The van der Waals surface area contributed by atoms with Crippen LogP contribution >= 0.6 is 13.5 Å². The van der Waals surface area contributed by atoms with E-state index in [1.165, 1.54) is 5.56 Å². The lowest BCUT2D eigenvalue weighted by Crippen LogP contribution is -2.43. The minimum Gasteiger partial charge on any atom is -0.494 e. The molecule has 4 rings (SSSR count). The number of carboxylic acid groups (broad SMARTS) is 1. The molecular weight excluding hydrogens is 550 g/mol. The Morgan fingerprint density at radius 3 is 2.55 bits per heavy atom. The van der Waals surface area contributed by atoms with Gasteiger partial charge in [-0.3, -0.25) is 4.79 Å². The highest BCUT2D eigenvalue weighted by molar-refractivity contribution is 7.59. The third-order valence-corrected chi connectivity index (χ3v) is 6.31. The Bertz CT molecular complexity index is 1340. The van der Waals surface area contributed by atoms with E-state index in [2.05, 4.69) is 16.4 Å². The van der Waals surface area contributed by atoms with Crippen molar-refractivity contribution in [3.63, 3.8) is 0 Å². The van der Waals surface area contributed by atoms with Crippen molar-refractivity contribution in [1.29, 1.82) is 0 Å². The van der Waals surface area contributed by atoms with E-state index in [1.807, 2.05) is 11.4 Å². The second kappa shape index (κ2) is 13.5. The van der Waals surface area contributed by atoms with Gasteiger partial charge in [-0.25, -0.2) is 14.2 Å². The summed E-state index contributed by atoms with van der Waals surface area (Å²) < 4.78 is 59.6. The predicted molar refractivity (Wildman–Crippen MR) is 146 cm³/mol. The fourth-order valence-corrected chi connectivity index (χ4v) is 4.33. The average Bonchev–Trinajstić information content (AvgIpc) is 2.90. The van der Waals surface area contributed by atoms with Gasteiger partial charge in [0.25, 0.3) is 5.91 Å². The number of rotatable bonds is 10. The molecule has 1 aliphatic rings. The van der Waals surface area contributed by atoms with Crippen LogP contribution in [0.1, 0.15) is 45.6 Å². The highest BCUT2D eigenvalue weighted by Gasteiger charge is 2.37. The van der Waals surface area contributed by atoms with E-state index in [-0.39, 0.29) is 19.9 Å². The number of aromatic nitrogens is 1. The van der Waals surface area contributed by atoms with E-state index < -0.39 is 41.0 Å². The molecule has 0 aliphatic carbocycles. The van der Waals surface area contributed by atoms with E-state index in [0.717, 1.165) is 49.8 Å². The minimum atomic E-state index is -4.99. The quantitative estimate of drug-likeness (QED) is 0.227. The van der Waals surface area contributed by atoms with E-state index in [0.29, 0.717) is 30.1 Å². The molecule has 0 fully saturated rings. The number of aliphatic carboxylic acids is 1. The molecule has 1 amide bonds. The van der Waals surface area contributed by atoms with Crippen LogP contribution in [-0.2, 0) is 30.2 Å². The first-order chi connectivity index (χ1) is 18.6. The summed E-state index contributed by atoms with van der Waals surface area (Å²) in [6, 6.07) is 11.1. The lowest BCUT2D eigenvalue weighted by atomic mass is 10.0. The fraction of sp³-hybridized carbons (Fsp3) is 0.321. The van der Waals surface area contributed by atoms with Crippen molar-refractivity contribution >= 4 is 31.2 Å². The number of hydrogen-bond acceptors (Lipinski definition) is 5. The zero-order valence-electron chi connectivity index (χ0n) is 21.4. The van der Waals surface area contributed by atoms with Crippen molar-refractivity contribution in [1.82, 2.24) is 10.3 Å². The van der Waals surface area contributed by atoms with E-state index >= 15 is 0 Å². The summed E-state index contributed by atoms with van der Waals surface area (Å²) in [5.41, 5.74) is -0.0390. The van der Waals surface area contributed by atoms with Crippen LogP contribution in [0.3, 0.4) is 0 Å². The van der Waals surface area contributed by atoms with E-state index in [9.17, 15) is 32.3 Å². The number of carbonyl (C=O) groups excluding carboxylic acids is 1. The minimum absolute atomic E-state index is 0. The monoisotopic (exact) mass is 579 g/mol. The van der Waals surface area contributed by atoms with Gasteiger partial charge in [0.05, 0.1) is 17.7 Å². The van der Waals surface area contributed by atoms with Gasteiger partial charge in [-0.15, -0.1) is 0 Å². The van der Waals surface area contributed by atoms with Gasteiger partial charge in [-0.1, -0.05) is 24.3 Å². The Kier molecular flexibility index (Phi) is 10.4. The highest BCUT2D eigenvalue weighted by atomic mass is 32.1. The first-order valence-corrected chi connectivity index (χ1v) is 12.5. The molecule has 0 bridgehead atoms. The lowest BCUT2D eigenvalue weighted by molar-refractivity contribution is -0.139. The van der Waals surface area contributed by atoms with E-state index in [4.69, 9.17) is 4.74 Å². The smallest absolute Gasteiger partial charge is 0.417 e. The van der Waals surface area contributed by atoms with Gasteiger partial charge >= 0.3 is 12.1 Å². The summed E-state index contributed by atoms with van der Waals surface area (Å²) >= 11 is 0. The largest absolute Gasteiger partial charge is 0.494 e. The summed E-state index contributed by atoms with van der Waals surface area (Å²) in [6.07, 6.45) is -1.62. The van der Waals surface area contributed by atoms with Gasteiger partial charge in [0.1, 0.15) is 23.4 Å². The van der Waals surface area contributed by atoms with Crippen LogP contribution in [0.15, 0.2) is 54.6 Å². The van der Waals surface area contributed by atoms with Crippen LogP contribution in [0.2, 0.25) is 0 Å². The molecule has 3 aromatic rings. The summed E-state index contributed by atoms with van der Waals surface area (Å²) in [7, 11) is 0. The molecule has 1 atom stereocenters. The number of aryl methyl sites for hydroxylation is 2. The maximum absolute atomic E-state index is 14.1. The maximum Gasteiger partial charge on any atom is 0.417 e. The normalized spacial score (nSPS) is 13.3. The molecule has 0 radical (unpaired) electrons. The third-order valence-electron chi connectivity index (χ3n) is 6.31. The first-order valence-electron chi connectivity index (χ1n) is 12.5. The number of pyridine rings is 1. The van der Waals surface area contributed by atoms with E-state index in [1.54, 1.807) is 24.3 Å². The van der Waals surface area contributed by atoms with Crippen molar-refractivity contribution in [2.75, 3.05) is 18.5 Å². The van der Waals surface area contributed by atoms with Crippen molar-refractivity contribution in [2.45, 2.75) is 44.3 Å². The standard InChI is InChI=1S/C28H27F4N3O4.H2S/c29-22-7-1-6-21(28(30,31)32)24(22)26(36)35-23(27(37)38)16-17-8-12-20(13-9-17)39-15-3-5-19-11-10-18-4-2-14-33-25(18)34-19;/h1,6-13,23H,2-5,14-16H2,(H,33,34)(H,35,36)(H,37,38);1H2/t23-;/m0./s1. The number of hydrogen-bond donors (Lipinski definition) is 3. The first kappa shape index (κ1) is 30.7.